The highest BCUT2D eigenvalue weighted by Gasteiger charge is 2.22. The molecule has 1 aromatic carbocycles. The van der Waals surface area contributed by atoms with Gasteiger partial charge in [-0.3, -0.25) is 0 Å². The molecule has 0 radical (unpaired) electrons. The second kappa shape index (κ2) is 4.75. The minimum absolute atomic E-state index is 0.0795. The van der Waals surface area contributed by atoms with Crippen LogP contribution >= 0.6 is 0 Å². The standard InChI is InChI=1S/C13H20FN/c1-10(15-4)9-13(2,3)11-5-7-12(14)8-6-11/h5-8,10,15H,9H2,1-4H3. The highest BCUT2D eigenvalue weighted by atomic mass is 19.1. The highest BCUT2D eigenvalue weighted by Crippen LogP contribution is 2.28. The van der Waals surface area contributed by atoms with E-state index in [0.29, 0.717) is 6.04 Å². The summed E-state index contributed by atoms with van der Waals surface area (Å²) in [7, 11) is 1.96. The van der Waals surface area contributed by atoms with Crippen LogP contribution in [0.4, 0.5) is 4.39 Å². The molecule has 1 atom stereocenters. The maximum atomic E-state index is 12.8. The van der Waals surface area contributed by atoms with Gasteiger partial charge in [-0.05, 0) is 43.5 Å². The highest BCUT2D eigenvalue weighted by molar-refractivity contribution is 5.24. The van der Waals surface area contributed by atoms with Gasteiger partial charge in [0.25, 0.3) is 0 Å². The maximum absolute atomic E-state index is 12.8. The smallest absolute Gasteiger partial charge is 0.123 e. The van der Waals surface area contributed by atoms with E-state index in [1.165, 1.54) is 17.7 Å². The van der Waals surface area contributed by atoms with Gasteiger partial charge < -0.3 is 5.32 Å². The minimum atomic E-state index is -0.170. The van der Waals surface area contributed by atoms with Crippen molar-refractivity contribution >= 4 is 0 Å². The predicted octanol–water partition coefficient (Wildman–Crippen LogP) is 3.10. The van der Waals surface area contributed by atoms with Crippen molar-refractivity contribution in [3.8, 4) is 0 Å². The molecule has 0 aromatic heterocycles. The lowest BCUT2D eigenvalue weighted by molar-refractivity contribution is 0.405. The molecular weight excluding hydrogens is 189 g/mol. The largest absolute Gasteiger partial charge is 0.317 e. The van der Waals surface area contributed by atoms with Gasteiger partial charge in [0.15, 0.2) is 0 Å². The summed E-state index contributed by atoms with van der Waals surface area (Å²) < 4.78 is 12.8. The molecule has 0 aliphatic heterocycles. The summed E-state index contributed by atoms with van der Waals surface area (Å²) in [4.78, 5) is 0. The van der Waals surface area contributed by atoms with Gasteiger partial charge in [0.2, 0.25) is 0 Å². The van der Waals surface area contributed by atoms with Gasteiger partial charge >= 0.3 is 0 Å². The van der Waals surface area contributed by atoms with Crippen LogP contribution in [0.2, 0.25) is 0 Å². The van der Waals surface area contributed by atoms with Gasteiger partial charge in [-0.2, -0.15) is 0 Å². The average Bonchev–Trinajstić information content (AvgIpc) is 2.17. The number of hydrogen-bond donors (Lipinski definition) is 1. The van der Waals surface area contributed by atoms with E-state index in [1.54, 1.807) is 0 Å². The van der Waals surface area contributed by atoms with Crippen LogP contribution in [0.3, 0.4) is 0 Å². The molecule has 15 heavy (non-hydrogen) atoms. The Hall–Kier alpha value is -0.890. The lowest BCUT2D eigenvalue weighted by atomic mass is 9.79. The third kappa shape index (κ3) is 3.31. The lowest BCUT2D eigenvalue weighted by Crippen LogP contribution is -2.30. The molecular formula is C13H20FN. The fourth-order valence-electron chi connectivity index (χ4n) is 1.89. The van der Waals surface area contributed by atoms with E-state index < -0.39 is 0 Å². The first-order valence-electron chi connectivity index (χ1n) is 5.39. The second-order valence-electron chi connectivity index (χ2n) is 4.78. The van der Waals surface area contributed by atoms with Crippen molar-refractivity contribution in [3.05, 3.63) is 35.6 Å². The van der Waals surface area contributed by atoms with Crippen LogP contribution in [0.25, 0.3) is 0 Å². The zero-order valence-electron chi connectivity index (χ0n) is 9.97. The van der Waals surface area contributed by atoms with Crippen LogP contribution in [0.5, 0.6) is 0 Å². The van der Waals surface area contributed by atoms with E-state index >= 15 is 0 Å². The van der Waals surface area contributed by atoms with Gasteiger partial charge in [0, 0.05) is 6.04 Å². The Morgan fingerprint density at radius 1 is 1.27 bits per heavy atom. The molecule has 0 aliphatic carbocycles. The third-order valence-corrected chi connectivity index (χ3v) is 2.93. The van der Waals surface area contributed by atoms with E-state index in [4.69, 9.17) is 0 Å². The minimum Gasteiger partial charge on any atom is -0.317 e. The Kier molecular flexibility index (Phi) is 3.86. The van der Waals surface area contributed by atoms with Crippen molar-refractivity contribution in [1.29, 1.82) is 0 Å². The Morgan fingerprint density at radius 3 is 2.27 bits per heavy atom. The maximum Gasteiger partial charge on any atom is 0.123 e. The van der Waals surface area contributed by atoms with Crippen LogP contribution in [0, 0.1) is 5.82 Å². The molecule has 1 nitrogen and oxygen atoms in total. The number of halogens is 1. The second-order valence-corrected chi connectivity index (χ2v) is 4.78. The van der Waals surface area contributed by atoms with Gasteiger partial charge in [0.1, 0.15) is 5.82 Å². The van der Waals surface area contributed by atoms with E-state index in [9.17, 15) is 4.39 Å². The summed E-state index contributed by atoms with van der Waals surface area (Å²) in [6, 6.07) is 7.27. The van der Waals surface area contributed by atoms with Gasteiger partial charge in [0.05, 0.1) is 0 Å². The molecule has 1 unspecified atom stereocenters. The number of nitrogens with one attached hydrogen (secondary N) is 1. The molecule has 1 N–H and O–H groups in total. The van der Waals surface area contributed by atoms with Crippen molar-refractivity contribution in [2.75, 3.05) is 7.05 Å². The molecule has 0 saturated carbocycles. The number of benzene rings is 1. The fourth-order valence-corrected chi connectivity index (χ4v) is 1.89. The molecule has 84 valence electrons. The monoisotopic (exact) mass is 209 g/mol. The van der Waals surface area contributed by atoms with Crippen molar-refractivity contribution < 1.29 is 4.39 Å². The summed E-state index contributed by atoms with van der Waals surface area (Å²) in [5.74, 6) is -0.170. The Balaban J connectivity index is 2.80. The number of hydrogen-bond acceptors (Lipinski definition) is 1. The summed E-state index contributed by atoms with van der Waals surface area (Å²) >= 11 is 0. The van der Waals surface area contributed by atoms with E-state index in [0.717, 1.165) is 6.42 Å². The Labute approximate surface area is 91.7 Å². The predicted molar refractivity (Wildman–Crippen MR) is 62.6 cm³/mol. The molecule has 2 heteroatoms. The molecule has 0 bridgehead atoms. The molecule has 0 spiro atoms. The Bertz CT molecular complexity index is 303. The molecule has 1 aromatic rings. The van der Waals surface area contributed by atoms with Crippen LogP contribution in [-0.2, 0) is 5.41 Å². The average molecular weight is 209 g/mol. The van der Waals surface area contributed by atoms with Gasteiger partial charge in [-0.15, -0.1) is 0 Å². The zero-order valence-corrected chi connectivity index (χ0v) is 9.97. The topological polar surface area (TPSA) is 12.0 Å². The van der Waals surface area contributed by atoms with Gasteiger partial charge in [-0.1, -0.05) is 26.0 Å². The third-order valence-electron chi connectivity index (χ3n) is 2.93. The van der Waals surface area contributed by atoms with Gasteiger partial charge in [-0.25, -0.2) is 4.39 Å². The molecule has 1 rings (SSSR count). The first-order chi connectivity index (χ1) is 6.95. The molecule has 0 aliphatic rings. The first-order valence-corrected chi connectivity index (χ1v) is 5.39. The Morgan fingerprint density at radius 2 is 1.80 bits per heavy atom. The molecule has 0 saturated heterocycles. The van der Waals surface area contributed by atoms with Crippen LogP contribution in [-0.4, -0.2) is 13.1 Å². The van der Waals surface area contributed by atoms with Crippen molar-refractivity contribution in [2.24, 2.45) is 0 Å². The van der Waals surface area contributed by atoms with Crippen molar-refractivity contribution in [3.63, 3.8) is 0 Å². The van der Waals surface area contributed by atoms with Crippen molar-refractivity contribution in [1.82, 2.24) is 5.32 Å². The molecule has 0 amide bonds. The lowest BCUT2D eigenvalue weighted by Gasteiger charge is -2.28. The normalized spacial score (nSPS) is 13.9. The van der Waals surface area contributed by atoms with Crippen molar-refractivity contribution in [2.45, 2.75) is 38.6 Å². The van der Waals surface area contributed by atoms with Crippen LogP contribution < -0.4 is 5.32 Å². The van der Waals surface area contributed by atoms with E-state index in [-0.39, 0.29) is 11.2 Å². The van der Waals surface area contributed by atoms with E-state index in [2.05, 4.69) is 26.1 Å². The molecule has 0 heterocycles. The summed E-state index contributed by atoms with van der Waals surface area (Å²) in [6.07, 6.45) is 1.04. The van der Waals surface area contributed by atoms with Crippen LogP contribution in [0.1, 0.15) is 32.8 Å². The van der Waals surface area contributed by atoms with Crippen LogP contribution in [0.15, 0.2) is 24.3 Å². The van der Waals surface area contributed by atoms with E-state index in [1.807, 2.05) is 19.2 Å². The zero-order chi connectivity index (χ0) is 11.5. The summed E-state index contributed by atoms with van der Waals surface area (Å²) in [5.41, 5.74) is 1.27. The summed E-state index contributed by atoms with van der Waals surface area (Å²) in [5, 5.41) is 3.23. The fraction of sp³-hybridized carbons (Fsp3) is 0.538. The SMILES string of the molecule is CNC(C)CC(C)(C)c1ccc(F)cc1. The quantitative estimate of drug-likeness (QED) is 0.803. The first kappa shape index (κ1) is 12.2. The number of rotatable bonds is 4. The summed E-state index contributed by atoms with van der Waals surface area (Å²) in [6.45, 7) is 6.54. The molecule has 0 fully saturated rings.